The molecule has 3 nitrogen and oxygen atoms in total. The number of hydrogen-bond donors (Lipinski definition) is 2. The molecule has 2 aliphatic carbocycles. The number of hydrogen-bond acceptors (Lipinski definition) is 2. The molecule has 0 spiro atoms. The van der Waals surface area contributed by atoms with Gasteiger partial charge in [0.15, 0.2) is 0 Å². The zero-order valence-corrected chi connectivity index (χ0v) is 15.5. The van der Waals surface area contributed by atoms with Crippen LogP contribution in [0.2, 0.25) is 0 Å². The molecule has 0 aliphatic heterocycles. The first-order valence-electron chi connectivity index (χ1n) is 6.57. The fraction of sp³-hybridized carbons (Fsp3) is 0.333. The van der Waals surface area contributed by atoms with Gasteiger partial charge >= 0.3 is 116 Å². The molecular formula is C15H19NaO3S. The van der Waals surface area contributed by atoms with E-state index in [0.717, 1.165) is 27.9 Å². The van der Waals surface area contributed by atoms with Gasteiger partial charge in [0, 0.05) is 0 Å². The van der Waals surface area contributed by atoms with Gasteiger partial charge in [-0.1, -0.05) is 0 Å². The Hall–Kier alpha value is -0.390. The van der Waals surface area contributed by atoms with Crippen LogP contribution in [0.15, 0.2) is 24.3 Å². The van der Waals surface area contributed by atoms with Gasteiger partial charge in [0.25, 0.3) is 11.0 Å². The maximum absolute atomic E-state index is 8.59. The van der Waals surface area contributed by atoms with E-state index in [2.05, 4.69) is 52.0 Å². The predicted octanol–water partition coefficient (Wildman–Crippen LogP) is 2.40. The van der Waals surface area contributed by atoms with Gasteiger partial charge in [0.05, 0.1) is 0 Å². The van der Waals surface area contributed by atoms with Crippen LogP contribution in [-0.2, 0) is 11.0 Å². The van der Waals surface area contributed by atoms with Gasteiger partial charge in [-0.15, -0.1) is 0 Å². The molecular weight excluding hydrogens is 283 g/mol. The van der Waals surface area contributed by atoms with Crippen LogP contribution in [0.1, 0.15) is 36.5 Å². The number of aryl methyl sites for hydroxylation is 2. The fourth-order valence-electron chi connectivity index (χ4n) is 2.47. The summed E-state index contributed by atoms with van der Waals surface area (Å²) in [4.78, 5) is 0. The summed E-state index contributed by atoms with van der Waals surface area (Å²) in [5.41, 5.74) is 7.24. The predicted molar refractivity (Wildman–Crippen MR) is 85.0 cm³/mol. The van der Waals surface area contributed by atoms with E-state index in [4.69, 9.17) is 13.0 Å². The van der Waals surface area contributed by atoms with Gasteiger partial charge in [0.2, 0.25) is 0 Å². The largest absolute Gasteiger partial charge is 0.288 e. The van der Waals surface area contributed by atoms with Crippen LogP contribution in [0, 0.1) is 13.8 Å². The average Bonchev–Trinajstić information content (AvgIpc) is 2.48. The molecule has 0 aromatic carbocycles. The molecule has 0 aromatic heterocycles. The van der Waals surface area contributed by atoms with Gasteiger partial charge in [-0.2, -0.15) is 0 Å². The van der Waals surface area contributed by atoms with Crippen LogP contribution in [-0.4, -0.2) is 40.9 Å². The second-order valence-electron chi connectivity index (χ2n) is 5.35. The third-order valence-electron chi connectivity index (χ3n) is 3.42. The first kappa shape index (κ1) is 17.7. The van der Waals surface area contributed by atoms with Crippen LogP contribution in [0.3, 0.4) is 0 Å². The molecule has 20 heavy (non-hydrogen) atoms. The Morgan fingerprint density at radius 2 is 1.65 bits per heavy atom. The van der Waals surface area contributed by atoms with Crippen molar-refractivity contribution in [2.45, 2.75) is 33.6 Å². The molecule has 0 aromatic rings. The molecule has 0 bridgehead atoms. The summed E-state index contributed by atoms with van der Waals surface area (Å²) in [7, 11) is -3.12. The minimum absolute atomic E-state index is 0.599. The third kappa shape index (κ3) is 4.57. The van der Waals surface area contributed by atoms with E-state index in [-0.39, 0.29) is 0 Å². The number of thiol groups is 1. The molecule has 2 rings (SSSR count). The fourth-order valence-corrected chi connectivity index (χ4v) is 3.57. The van der Waals surface area contributed by atoms with Gasteiger partial charge in [-0.05, 0) is 0 Å². The zero-order chi connectivity index (χ0) is 15.4. The summed E-state index contributed by atoms with van der Waals surface area (Å²) in [6, 6.07) is 9.29. The minimum Gasteiger partial charge on any atom is -0.288 e. The molecule has 0 atom stereocenters. The van der Waals surface area contributed by atoms with E-state index >= 15 is 0 Å². The van der Waals surface area contributed by atoms with Crippen LogP contribution in [0.5, 0.6) is 0 Å². The minimum atomic E-state index is -3.12. The van der Waals surface area contributed by atoms with Gasteiger partial charge < -0.3 is 0 Å². The van der Waals surface area contributed by atoms with Crippen LogP contribution >= 0.6 is 0 Å². The summed E-state index contributed by atoms with van der Waals surface area (Å²) < 4.78 is 25.7. The Morgan fingerprint density at radius 3 is 2.15 bits per heavy atom. The van der Waals surface area contributed by atoms with Crippen LogP contribution in [0.25, 0.3) is 11.1 Å². The number of rotatable bonds is 1. The first-order chi connectivity index (χ1) is 9.23. The van der Waals surface area contributed by atoms with E-state index in [9.17, 15) is 0 Å². The van der Waals surface area contributed by atoms with Crippen molar-refractivity contribution in [3.8, 4) is 11.1 Å². The van der Waals surface area contributed by atoms with Crippen molar-refractivity contribution in [1.29, 1.82) is 0 Å². The normalized spacial score (nSPS) is 10.8. The summed E-state index contributed by atoms with van der Waals surface area (Å²) >= 11 is 1.14. The van der Waals surface area contributed by atoms with Crippen molar-refractivity contribution < 1.29 is 13.0 Å². The third-order valence-corrected chi connectivity index (χ3v) is 4.21. The summed E-state index contributed by atoms with van der Waals surface area (Å²) in [6.45, 7) is 8.98. The Morgan fingerprint density at radius 1 is 1.10 bits per heavy atom. The molecule has 0 saturated heterocycles. The molecule has 2 aliphatic rings. The summed E-state index contributed by atoms with van der Waals surface area (Å²) in [6.07, 6.45) is 0. The van der Waals surface area contributed by atoms with Crippen LogP contribution < -0.4 is 2.81 Å². The van der Waals surface area contributed by atoms with E-state index < -0.39 is 11.0 Å². The Kier molecular flexibility index (Phi) is 6.69. The maximum atomic E-state index is 8.59. The summed E-state index contributed by atoms with van der Waals surface area (Å²) in [5.74, 6) is 0.599. The van der Waals surface area contributed by atoms with E-state index in [1.54, 1.807) is 0 Å². The Bertz CT molecular complexity index is 640. The molecule has 5 heteroatoms. The van der Waals surface area contributed by atoms with Crippen molar-refractivity contribution in [1.82, 2.24) is 0 Å². The molecule has 104 valence electrons. The van der Waals surface area contributed by atoms with Gasteiger partial charge in [-0.3, -0.25) is 4.55 Å². The molecule has 0 saturated carbocycles. The quantitative estimate of drug-likeness (QED) is 0.483. The molecule has 0 amide bonds. The van der Waals surface area contributed by atoms with Crippen molar-refractivity contribution in [3.05, 3.63) is 41.0 Å². The molecule has 0 fully saturated rings. The zero-order valence-electron chi connectivity index (χ0n) is 12.6. The Labute approximate surface area is 139 Å². The maximum Gasteiger partial charge on any atom is 0.254 e. The number of fused-ring (bicyclic) bond motifs is 1. The van der Waals surface area contributed by atoms with Crippen LogP contribution in [0.4, 0.5) is 0 Å². The van der Waals surface area contributed by atoms with Crippen molar-refractivity contribution in [2.24, 2.45) is 0 Å². The molecule has 0 unspecified atom stereocenters. The van der Waals surface area contributed by atoms with E-state index in [0.29, 0.717) is 5.92 Å². The van der Waals surface area contributed by atoms with Crippen molar-refractivity contribution >= 4 is 41.7 Å². The second-order valence-corrected chi connectivity index (χ2v) is 6.91. The Balaban J connectivity index is 0.000000444. The van der Waals surface area contributed by atoms with Crippen molar-refractivity contribution in [2.75, 3.05) is 0 Å². The molecule has 0 heterocycles. The second kappa shape index (κ2) is 7.57. The summed E-state index contributed by atoms with van der Waals surface area (Å²) in [5, 5.41) is 0. The average molecular weight is 302 g/mol. The first-order valence-corrected chi connectivity index (χ1v) is 8.70. The van der Waals surface area contributed by atoms with Gasteiger partial charge in [-0.25, -0.2) is 8.42 Å². The SMILES string of the molecule is Cc1c[c]([Na])c2c(C)ccc(C(C)C)cc1-2.O=[SH](=O)O. The molecule has 1 N–H and O–H groups in total. The van der Waals surface area contributed by atoms with E-state index in [1.807, 2.05) is 0 Å². The van der Waals surface area contributed by atoms with Gasteiger partial charge in [0.1, 0.15) is 0 Å². The molecule has 0 radical (unpaired) electrons. The van der Waals surface area contributed by atoms with E-state index in [1.165, 1.54) is 30.6 Å². The monoisotopic (exact) mass is 302 g/mol. The van der Waals surface area contributed by atoms with Crippen molar-refractivity contribution in [3.63, 3.8) is 0 Å². The topological polar surface area (TPSA) is 54.4 Å². The standard InChI is InChI=1S/C15H17.Na.H2O3S/c1-10(2)13-7-5-11(3)14-8-6-12(4)15(14)9-13;;1-4(2)3/h5-7,9-10H,1-4H3;;4H,(H,1,2,3). The smallest absolute Gasteiger partial charge is 0.254 e.